The van der Waals surface area contributed by atoms with E-state index in [9.17, 15) is 4.79 Å². The Morgan fingerprint density at radius 3 is 3.08 bits per heavy atom. The van der Waals surface area contributed by atoms with Gasteiger partial charge in [-0.1, -0.05) is 11.6 Å². The van der Waals surface area contributed by atoms with E-state index in [4.69, 9.17) is 16.7 Å². The van der Waals surface area contributed by atoms with Crippen molar-refractivity contribution in [1.29, 1.82) is 0 Å². The molecular formula is C7H4ClN3O2. The second-order valence-corrected chi connectivity index (χ2v) is 2.88. The Hall–Kier alpha value is -1.62. The normalized spacial score (nSPS) is 10.5. The van der Waals surface area contributed by atoms with Gasteiger partial charge in [-0.3, -0.25) is 4.40 Å². The van der Waals surface area contributed by atoms with Crippen LogP contribution < -0.4 is 0 Å². The molecule has 2 heterocycles. The molecule has 0 bridgehead atoms. The molecule has 0 aliphatic heterocycles. The van der Waals surface area contributed by atoms with Crippen molar-refractivity contribution < 1.29 is 9.90 Å². The van der Waals surface area contributed by atoms with E-state index in [0.29, 0.717) is 5.02 Å². The molecule has 2 aromatic rings. The van der Waals surface area contributed by atoms with Gasteiger partial charge in [-0.2, -0.15) is 0 Å². The summed E-state index contributed by atoms with van der Waals surface area (Å²) in [6, 6.07) is 1.34. The topological polar surface area (TPSA) is 67.5 Å². The van der Waals surface area contributed by atoms with Gasteiger partial charge in [-0.25, -0.2) is 4.79 Å². The van der Waals surface area contributed by atoms with Crippen LogP contribution in [0.25, 0.3) is 5.65 Å². The minimum absolute atomic E-state index is 0.0463. The molecule has 0 aromatic carbocycles. The average Bonchev–Trinajstić information content (AvgIpc) is 2.49. The zero-order valence-corrected chi connectivity index (χ0v) is 7.06. The van der Waals surface area contributed by atoms with Crippen molar-refractivity contribution in [2.45, 2.75) is 0 Å². The van der Waals surface area contributed by atoms with Crippen molar-refractivity contribution in [2.75, 3.05) is 0 Å². The first-order valence-corrected chi connectivity index (χ1v) is 3.78. The fourth-order valence-corrected chi connectivity index (χ4v) is 1.27. The maximum Gasteiger partial charge on any atom is 0.339 e. The lowest BCUT2D eigenvalue weighted by molar-refractivity contribution is 0.0698. The molecule has 0 aliphatic rings. The minimum atomic E-state index is -1.07. The molecule has 2 aromatic heterocycles. The fraction of sp³-hybridized carbons (Fsp3) is 0. The van der Waals surface area contributed by atoms with Gasteiger partial charge >= 0.3 is 5.97 Å². The lowest BCUT2D eigenvalue weighted by Crippen LogP contribution is -2.00. The molecule has 2 rings (SSSR count). The van der Waals surface area contributed by atoms with E-state index in [1.165, 1.54) is 16.8 Å². The van der Waals surface area contributed by atoms with Crippen LogP contribution >= 0.6 is 11.6 Å². The van der Waals surface area contributed by atoms with Crippen LogP contribution in [0, 0.1) is 0 Å². The van der Waals surface area contributed by atoms with E-state index < -0.39 is 5.97 Å². The molecule has 1 N–H and O–H groups in total. The standard InChI is InChI=1S/C7H4ClN3O2/c8-4-1-5(7(12)13)6-10-9-3-11(6)2-4/h1-3H,(H,12,13). The number of carboxylic acid groups (broad SMARTS) is 1. The highest BCUT2D eigenvalue weighted by atomic mass is 35.5. The van der Waals surface area contributed by atoms with Gasteiger partial charge in [0.05, 0.1) is 5.02 Å². The molecule has 0 unspecified atom stereocenters. The number of fused-ring (bicyclic) bond motifs is 1. The summed E-state index contributed by atoms with van der Waals surface area (Å²) in [5, 5.41) is 16.4. The van der Waals surface area contributed by atoms with Gasteiger partial charge in [-0.15, -0.1) is 10.2 Å². The third-order valence-electron chi connectivity index (χ3n) is 1.59. The van der Waals surface area contributed by atoms with E-state index in [-0.39, 0.29) is 11.2 Å². The lowest BCUT2D eigenvalue weighted by Gasteiger charge is -1.97. The van der Waals surface area contributed by atoms with Gasteiger partial charge in [0.1, 0.15) is 11.9 Å². The largest absolute Gasteiger partial charge is 0.478 e. The van der Waals surface area contributed by atoms with Crippen LogP contribution in [0.15, 0.2) is 18.6 Å². The van der Waals surface area contributed by atoms with Gasteiger partial charge < -0.3 is 5.11 Å². The van der Waals surface area contributed by atoms with Crippen molar-refractivity contribution in [1.82, 2.24) is 14.6 Å². The lowest BCUT2D eigenvalue weighted by atomic mass is 10.3. The van der Waals surface area contributed by atoms with Gasteiger partial charge in [0.2, 0.25) is 0 Å². The molecule has 6 heteroatoms. The number of carbonyl (C=O) groups is 1. The maximum absolute atomic E-state index is 10.7. The second kappa shape index (κ2) is 2.70. The van der Waals surface area contributed by atoms with Crippen LogP contribution in [-0.2, 0) is 0 Å². The Morgan fingerprint density at radius 1 is 1.62 bits per heavy atom. The van der Waals surface area contributed by atoms with Crippen LogP contribution in [-0.4, -0.2) is 25.7 Å². The molecule has 0 aliphatic carbocycles. The SMILES string of the molecule is O=C(O)c1cc(Cl)cn2cnnc12. The Morgan fingerprint density at radius 2 is 2.38 bits per heavy atom. The number of hydrogen-bond acceptors (Lipinski definition) is 3. The Labute approximate surface area is 77.6 Å². The van der Waals surface area contributed by atoms with Gasteiger partial charge in [0, 0.05) is 6.20 Å². The van der Waals surface area contributed by atoms with Gasteiger partial charge in [0.15, 0.2) is 5.65 Å². The predicted molar refractivity (Wildman–Crippen MR) is 45.0 cm³/mol. The van der Waals surface area contributed by atoms with Crippen molar-refractivity contribution in [2.24, 2.45) is 0 Å². The highest BCUT2D eigenvalue weighted by Crippen LogP contribution is 2.15. The molecular weight excluding hydrogens is 194 g/mol. The summed E-state index contributed by atoms with van der Waals surface area (Å²) in [4.78, 5) is 10.7. The third kappa shape index (κ3) is 1.23. The average molecular weight is 198 g/mol. The number of halogens is 1. The predicted octanol–water partition coefficient (Wildman–Crippen LogP) is 1.08. The first kappa shape index (κ1) is 8.00. The van der Waals surface area contributed by atoms with Crippen molar-refractivity contribution in [3.63, 3.8) is 0 Å². The summed E-state index contributed by atoms with van der Waals surface area (Å²) in [5.74, 6) is -1.07. The molecule has 0 atom stereocenters. The van der Waals surface area contributed by atoms with Gasteiger partial charge in [0.25, 0.3) is 0 Å². The molecule has 0 saturated heterocycles. The van der Waals surface area contributed by atoms with Crippen molar-refractivity contribution in [3.05, 3.63) is 29.2 Å². The third-order valence-corrected chi connectivity index (χ3v) is 1.80. The molecule has 66 valence electrons. The highest BCUT2D eigenvalue weighted by Gasteiger charge is 2.11. The molecule has 0 saturated carbocycles. The van der Waals surface area contributed by atoms with Crippen LogP contribution in [0.1, 0.15) is 10.4 Å². The first-order valence-electron chi connectivity index (χ1n) is 3.40. The number of aromatic carboxylic acids is 1. The molecule has 0 spiro atoms. The Bertz CT molecular complexity index is 480. The van der Waals surface area contributed by atoms with E-state index in [2.05, 4.69) is 10.2 Å². The minimum Gasteiger partial charge on any atom is -0.478 e. The second-order valence-electron chi connectivity index (χ2n) is 2.44. The van der Waals surface area contributed by atoms with E-state index in [1.54, 1.807) is 6.20 Å². The number of hydrogen-bond donors (Lipinski definition) is 1. The summed E-state index contributed by atoms with van der Waals surface area (Å²) in [5.41, 5.74) is 0.335. The zero-order chi connectivity index (χ0) is 9.42. The Balaban J connectivity index is 2.84. The molecule has 5 nitrogen and oxygen atoms in total. The summed E-state index contributed by atoms with van der Waals surface area (Å²) >= 11 is 5.69. The van der Waals surface area contributed by atoms with E-state index >= 15 is 0 Å². The summed E-state index contributed by atoms with van der Waals surface area (Å²) in [6.45, 7) is 0. The van der Waals surface area contributed by atoms with E-state index in [0.717, 1.165) is 0 Å². The molecule has 13 heavy (non-hydrogen) atoms. The van der Waals surface area contributed by atoms with E-state index in [1.807, 2.05) is 0 Å². The molecule has 0 amide bonds. The van der Waals surface area contributed by atoms with Gasteiger partial charge in [-0.05, 0) is 6.07 Å². The summed E-state index contributed by atoms with van der Waals surface area (Å²) in [7, 11) is 0. The Kier molecular flexibility index (Phi) is 1.66. The molecule has 0 radical (unpaired) electrons. The van der Waals surface area contributed by atoms with Crippen LogP contribution in [0.4, 0.5) is 0 Å². The van der Waals surface area contributed by atoms with Crippen LogP contribution in [0.2, 0.25) is 5.02 Å². The zero-order valence-electron chi connectivity index (χ0n) is 6.31. The van der Waals surface area contributed by atoms with Crippen LogP contribution in [0.3, 0.4) is 0 Å². The molecule has 0 fully saturated rings. The monoisotopic (exact) mass is 197 g/mol. The van der Waals surface area contributed by atoms with Crippen LogP contribution in [0.5, 0.6) is 0 Å². The number of aromatic nitrogens is 3. The smallest absolute Gasteiger partial charge is 0.339 e. The number of carboxylic acids is 1. The number of rotatable bonds is 1. The van der Waals surface area contributed by atoms with Crippen molar-refractivity contribution >= 4 is 23.2 Å². The quantitative estimate of drug-likeness (QED) is 0.743. The van der Waals surface area contributed by atoms with Crippen molar-refractivity contribution in [3.8, 4) is 0 Å². The first-order chi connectivity index (χ1) is 6.18. The number of nitrogens with zero attached hydrogens (tertiary/aromatic N) is 3. The summed E-state index contributed by atoms with van der Waals surface area (Å²) in [6.07, 6.45) is 2.94. The highest BCUT2D eigenvalue weighted by molar-refractivity contribution is 6.31. The summed E-state index contributed by atoms with van der Waals surface area (Å²) < 4.78 is 1.46. The fourth-order valence-electron chi connectivity index (χ4n) is 1.06. The maximum atomic E-state index is 10.7. The number of pyridine rings is 1.